The van der Waals surface area contributed by atoms with Crippen molar-refractivity contribution in [2.24, 2.45) is 0 Å². The molecule has 5 nitrogen and oxygen atoms in total. The van der Waals surface area contributed by atoms with Gasteiger partial charge in [-0.1, -0.05) is 12.1 Å². The molecule has 0 aliphatic carbocycles. The Morgan fingerprint density at radius 3 is 2.67 bits per heavy atom. The second kappa shape index (κ2) is 4.99. The summed E-state index contributed by atoms with van der Waals surface area (Å²) >= 11 is 0. The summed E-state index contributed by atoms with van der Waals surface area (Å²) in [5.74, 6) is -0.197. The zero-order valence-corrected chi connectivity index (χ0v) is 8.65. The van der Waals surface area contributed by atoms with E-state index < -0.39 is 0 Å². The summed E-state index contributed by atoms with van der Waals surface area (Å²) in [5.41, 5.74) is 3.86. The second-order valence-electron chi connectivity index (χ2n) is 2.95. The number of para-hydroxylation sites is 1. The number of nitrogens with one attached hydrogen (secondary N) is 2. The summed E-state index contributed by atoms with van der Waals surface area (Å²) in [6.45, 7) is 0. The Hall–Kier alpha value is -2.04. The van der Waals surface area contributed by atoms with E-state index in [1.54, 1.807) is 38.4 Å². The van der Waals surface area contributed by atoms with Gasteiger partial charge in [-0.25, -0.2) is 0 Å². The average Bonchev–Trinajstić information content (AvgIpc) is 2.28. The van der Waals surface area contributed by atoms with E-state index in [0.717, 1.165) is 0 Å². The third-order valence-corrected chi connectivity index (χ3v) is 1.85. The van der Waals surface area contributed by atoms with Crippen molar-refractivity contribution in [1.82, 2.24) is 10.3 Å². The van der Waals surface area contributed by atoms with Gasteiger partial charge in [0.05, 0.1) is 11.3 Å². The van der Waals surface area contributed by atoms with E-state index in [9.17, 15) is 9.59 Å². The van der Waals surface area contributed by atoms with Crippen molar-refractivity contribution in [3.8, 4) is 0 Å². The van der Waals surface area contributed by atoms with Crippen LogP contribution in [-0.2, 0) is 4.79 Å². The van der Waals surface area contributed by atoms with Crippen LogP contribution in [0.4, 0.5) is 5.69 Å². The second-order valence-corrected chi connectivity index (χ2v) is 2.95. The van der Waals surface area contributed by atoms with E-state index in [-0.39, 0.29) is 5.91 Å². The predicted molar refractivity (Wildman–Crippen MR) is 57.3 cm³/mol. The van der Waals surface area contributed by atoms with Crippen LogP contribution in [0, 0.1) is 0 Å². The van der Waals surface area contributed by atoms with Crippen LogP contribution in [0.2, 0.25) is 0 Å². The Morgan fingerprint density at radius 1 is 1.40 bits per heavy atom. The first-order valence-electron chi connectivity index (χ1n) is 4.45. The molecular weight excluding hydrogens is 194 g/mol. The van der Waals surface area contributed by atoms with Gasteiger partial charge < -0.3 is 5.32 Å². The summed E-state index contributed by atoms with van der Waals surface area (Å²) in [4.78, 5) is 21.9. The molecule has 0 spiro atoms. The molecule has 0 bridgehead atoms. The summed E-state index contributed by atoms with van der Waals surface area (Å²) < 4.78 is 0. The van der Waals surface area contributed by atoms with Gasteiger partial charge in [0, 0.05) is 14.1 Å². The maximum Gasteiger partial charge on any atom is 0.253 e. The highest BCUT2D eigenvalue weighted by Crippen LogP contribution is 2.14. The lowest BCUT2D eigenvalue weighted by molar-refractivity contribution is -0.115. The minimum absolute atomic E-state index is 0.197. The number of anilines is 1. The summed E-state index contributed by atoms with van der Waals surface area (Å²) in [6.07, 6.45) is 0.626. The SMILES string of the molecule is CNC(=O)c1ccccc1NN(C)C=O. The number of carbonyl (C=O) groups is 2. The Labute approximate surface area is 88.0 Å². The molecule has 1 aromatic rings. The van der Waals surface area contributed by atoms with Gasteiger partial charge in [-0.15, -0.1) is 0 Å². The number of nitrogens with zero attached hydrogens (tertiary/aromatic N) is 1. The number of hydrogen-bond acceptors (Lipinski definition) is 3. The van der Waals surface area contributed by atoms with Crippen molar-refractivity contribution in [2.45, 2.75) is 0 Å². The third kappa shape index (κ3) is 2.70. The molecule has 80 valence electrons. The van der Waals surface area contributed by atoms with Crippen LogP contribution in [0.1, 0.15) is 10.4 Å². The molecule has 0 atom stereocenters. The number of benzene rings is 1. The molecular formula is C10H13N3O2. The van der Waals surface area contributed by atoms with E-state index in [1.165, 1.54) is 5.01 Å². The van der Waals surface area contributed by atoms with Crippen molar-refractivity contribution >= 4 is 18.0 Å². The molecule has 1 rings (SSSR count). The van der Waals surface area contributed by atoms with Crippen LogP contribution < -0.4 is 10.7 Å². The molecule has 5 heteroatoms. The molecule has 0 saturated heterocycles. The quantitative estimate of drug-likeness (QED) is 0.557. The highest BCUT2D eigenvalue weighted by molar-refractivity contribution is 5.99. The van der Waals surface area contributed by atoms with Crippen LogP contribution in [0.15, 0.2) is 24.3 Å². The van der Waals surface area contributed by atoms with Crippen molar-refractivity contribution in [3.63, 3.8) is 0 Å². The molecule has 0 aromatic heterocycles. The minimum Gasteiger partial charge on any atom is -0.355 e. The van der Waals surface area contributed by atoms with E-state index in [2.05, 4.69) is 10.7 Å². The zero-order valence-electron chi connectivity index (χ0n) is 8.65. The van der Waals surface area contributed by atoms with Gasteiger partial charge in [0.1, 0.15) is 0 Å². The van der Waals surface area contributed by atoms with Gasteiger partial charge in [-0.05, 0) is 12.1 Å². The summed E-state index contributed by atoms with van der Waals surface area (Å²) in [6, 6.07) is 6.95. The Kier molecular flexibility index (Phi) is 3.68. The van der Waals surface area contributed by atoms with Crippen LogP contribution in [0.25, 0.3) is 0 Å². The molecule has 0 heterocycles. The molecule has 0 aliphatic rings. The molecule has 0 saturated carbocycles. The number of hydrogen-bond donors (Lipinski definition) is 2. The average molecular weight is 207 g/mol. The highest BCUT2D eigenvalue weighted by atomic mass is 16.2. The molecule has 0 aliphatic heterocycles. The van der Waals surface area contributed by atoms with Crippen molar-refractivity contribution < 1.29 is 9.59 Å². The topological polar surface area (TPSA) is 61.4 Å². The van der Waals surface area contributed by atoms with Crippen molar-refractivity contribution in [1.29, 1.82) is 0 Å². The number of hydrazine groups is 1. The first kappa shape index (κ1) is 11.0. The molecule has 1 aromatic carbocycles. The maximum atomic E-state index is 11.4. The Morgan fingerprint density at radius 2 is 2.07 bits per heavy atom. The lowest BCUT2D eigenvalue weighted by Gasteiger charge is -2.16. The van der Waals surface area contributed by atoms with E-state index >= 15 is 0 Å². The Bertz CT molecular complexity index is 365. The minimum atomic E-state index is -0.197. The van der Waals surface area contributed by atoms with Crippen molar-refractivity contribution in [2.75, 3.05) is 19.5 Å². The van der Waals surface area contributed by atoms with Gasteiger partial charge >= 0.3 is 0 Å². The van der Waals surface area contributed by atoms with Crippen LogP contribution in [-0.4, -0.2) is 31.4 Å². The highest BCUT2D eigenvalue weighted by Gasteiger charge is 2.09. The Balaban J connectivity index is 2.95. The molecule has 2 amide bonds. The van der Waals surface area contributed by atoms with E-state index in [1.807, 2.05) is 0 Å². The smallest absolute Gasteiger partial charge is 0.253 e. The van der Waals surface area contributed by atoms with E-state index in [4.69, 9.17) is 0 Å². The molecule has 2 N–H and O–H groups in total. The normalized spacial score (nSPS) is 9.20. The number of carbonyl (C=O) groups excluding carboxylic acids is 2. The zero-order chi connectivity index (χ0) is 11.3. The third-order valence-electron chi connectivity index (χ3n) is 1.85. The van der Waals surface area contributed by atoms with Gasteiger partial charge in [0.2, 0.25) is 6.41 Å². The van der Waals surface area contributed by atoms with Crippen molar-refractivity contribution in [3.05, 3.63) is 29.8 Å². The maximum absolute atomic E-state index is 11.4. The van der Waals surface area contributed by atoms with E-state index in [0.29, 0.717) is 17.7 Å². The molecule has 15 heavy (non-hydrogen) atoms. The summed E-state index contributed by atoms with van der Waals surface area (Å²) in [7, 11) is 3.12. The standard InChI is InChI=1S/C10H13N3O2/c1-11-10(15)8-5-3-4-6-9(8)12-13(2)7-14/h3-7,12H,1-2H3,(H,11,15). The molecule has 0 unspecified atom stereocenters. The largest absolute Gasteiger partial charge is 0.355 e. The van der Waals surface area contributed by atoms with Gasteiger partial charge in [0.15, 0.2) is 0 Å². The number of rotatable bonds is 4. The van der Waals surface area contributed by atoms with Gasteiger partial charge in [0.25, 0.3) is 5.91 Å². The van der Waals surface area contributed by atoms with Crippen LogP contribution in [0.5, 0.6) is 0 Å². The first-order valence-corrected chi connectivity index (χ1v) is 4.45. The van der Waals surface area contributed by atoms with Gasteiger partial charge in [-0.3, -0.25) is 20.0 Å². The lowest BCUT2D eigenvalue weighted by atomic mass is 10.1. The fraction of sp³-hybridized carbons (Fsp3) is 0.200. The first-order chi connectivity index (χ1) is 7.19. The molecule has 0 radical (unpaired) electrons. The van der Waals surface area contributed by atoms with Gasteiger partial charge in [-0.2, -0.15) is 0 Å². The summed E-state index contributed by atoms with van der Waals surface area (Å²) in [5, 5.41) is 3.77. The fourth-order valence-electron chi connectivity index (χ4n) is 1.13. The molecule has 0 fully saturated rings. The lowest BCUT2D eigenvalue weighted by Crippen LogP contribution is -2.26. The fourth-order valence-corrected chi connectivity index (χ4v) is 1.13. The number of amides is 2. The predicted octanol–water partition coefficient (Wildman–Crippen LogP) is 0.461. The van der Waals surface area contributed by atoms with Crippen LogP contribution >= 0.6 is 0 Å². The monoisotopic (exact) mass is 207 g/mol. The van der Waals surface area contributed by atoms with Crippen LogP contribution in [0.3, 0.4) is 0 Å².